The van der Waals surface area contributed by atoms with Crippen molar-refractivity contribution in [3.8, 4) is 11.1 Å². The van der Waals surface area contributed by atoms with Gasteiger partial charge in [-0.2, -0.15) is 0 Å². The summed E-state index contributed by atoms with van der Waals surface area (Å²) in [6.45, 7) is 13.6. The molecule has 0 atom stereocenters. The van der Waals surface area contributed by atoms with Crippen LogP contribution in [0.3, 0.4) is 0 Å². The van der Waals surface area contributed by atoms with E-state index in [1.165, 1.54) is 22.3 Å². The van der Waals surface area contributed by atoms with Gasteiger partial charge >= 0.3 is 0 Å². The van der Waals surface area contributed by atoms with Gasteiger partial charge in [-0.25, -0.2) is 0 Å². The van der Waals surface area contributed by atoms with Crippen LogP contribution in [0.2, 0.25) is 0 Å². The minimum Gasteiger partial charge on any atom is -0.399 e. The standard InChI is InChI=1S/C20H27N/c1-19(2,3)16-11-15(12-17(13-16)20(4,5)6)14-7-9-18(21)10-8-14/h7-13H,21H2,1-6H3. The third-order valence-corrected chi connectivity index (χ3v) is 3.91. The molecule has 0 saturated carbocycles. The second kappa shape index (κ2) is 5.22. The van der Waals surface area contributed by atoms with Crippen molar-refractivity contribution in [1.29, 1.82) is 0 Å². The van der Waals surface area contributed by atoms with Gasteiger partial charge in [-0.3, -0.25) is 0 Å². The van der Waals surface area contributed by atoms with E-state index in [9.17, 15) is 0 Å². The van der Waals surface area contributed by atoms with Crippen molar-refractivity contribution < 1.29 is 0 Å². The lowest BCUT2D eigenvalue weighted by Gasteiger charge is -2.26. The molecule has 112 valence electrons. The fraction of sp³-hybridized carbons (Fsp3) is 0.400. The SMILES string of the molecule is CC(C)(C)c1cc(-c2ccc(N)cc2)cc(C(C)(C)C)c1. The van der Waals surface area contributed by atoms with Crippen LogP contribution in [0.25, 0.3) is 11.1 Å². The molecule has 21 heavy (non-hydrogen) atoms. The molecule has 2 aromatic carbocycles. The maximum absolute atomic E-state index is 5.80. The van der Waals surface area contributed by atoms with Gasteiger partial charge in [-0.1, -0.05) is 71.9 Å². The summed E-state index contributed by atoms with van der Waals surface area (Å²) in [5.41, 5.74) is 12.1. The Hall–Kier alpha value is -1.76. The molecule has 0 fully saturated rings. The number of anilines is 1. The monoisotopic (exact) mass is 281 g/mol. The quantitative estimate of drug-likeness (QED) is 0.683. The van der Waals surface area contributed by atoms with Crippen molar-refractivity contribution in [3.05, 3.63) is 53.6 Å². The number of nitrogen functional groups attached to an aromatic ring is 1. The van der Waals surface area contributed by atoms with Crippen molar-refractivity contribution in [1.82, 2.24) is 0 Å². The lowest BCUT2D eigenvalue weighted by atomic mass is 9.79. The normalized spacial score (nSPS) is 12.5. The fourth-order valence-corrected chi connectivity index (χ4v) is 2.34. The van der Waals surface area contributed by atoms with Crippen LogP contribution in [0.1, 0.15) is 52.7 Å². The maximum Gasteiger partial charge on any atom is 0.0314 e. The van der Waals surface area contributed by atoms with Crippen molar-refractivity contribution in [2.24, 2.45) is 0 Å². The molecule has 2 N–H and O–H groups in total. The second-order valence-corrected chi connectivity index (χ2v) is 7.92. The van der Waals surface area contributed by atoms with Crippen LogP contribution in [-0.2, 0) is 10.8 Å². The lowest BCUT2D eigenvalue weighted by molar-refractivity contribution is 0.569. The van der Waals surface area contributed by atoms with E-state index in [0.29, 0.717) is 0 Å². The topological polar surface area (TPSA) is 26.0 Å². The molecule has 0 heterocycles. The lowest BCUT2D eigenvalue weighted by Crippen LogP contribution is -2.16. The molecule has 0 aliphatic rings. The Bertz CT molecular complexity index is 590. The van der Waals surface area contributed by atoms with Crippen LogP contribution in [0.4, 0.5) is 5.69 Å². The molecule has 0 aliphatic heterocycles. The molecule has 0 unspecified atom stereocenters. The van der Waals surface area contributed by atoms with E-state index in [1.807, 2.05) is 12.1 Å². The van der Waals surface area contributed by atoms with Crippen LogP contribution in [-0.4, -0.2) is 0 Å². The summed E-state index contributed by atoms with van der Waals surface area (Å²) in [6, 6.07) is 15.1. The Morgan fingerprint density at radius 2 is 1.05 bits per heavy atom. The zero-order chi connectivity index (χ0) is 15.8. The van der Waals surface area contributed by atoms with Crippen molar-refractivity contribution in [3.63, 3.8) is 0 Å². The molecule has 1 heteroatoms. The van der Waals surface area contributed by atoms with E-state index in [4.69, 9.17) is 5.73 Å². The van der Waals surface area contributed by atoms with E-state index in [2.05, 4.69) is 71.9 Å². The Morgan fingerprint density at radius 3 is 1.43 bits per heavy atom. The van der Waals surface area contributed by atoms with Crippen LogP contribution in [0, 0.1) is 0 Å². The zero-order valence-electron chi connectivity index (χ0n) is 14.1. The summed E-state index contributed by atoms with van der Waals surface area (Å²) in [5.74, 6) is 0. The Labute approximate surface area is 129 Å². The molecule has 0 radical (unpaired) electrons. The van der Waals surface area contributed by atoms with Gasteiger partial charge < -0.3 is 5.73 Å². The van der Waals surface area contributed by atoms with Gasteiger partial charge in [0.2, 0.25) is 0 Å². The van der Waals surface area contributed by atoms with Crippen LogP contribution < -0.4 is 5.73 Å². The number of hydrogen-bond acceptors (Lipinski definition) is 1. The molecule has 2 aromatic rings. The molecule has 0 saturated heterocycles. The summed E-state index contributed by atoms with van der Waals surface area (Å²) in [6.07, 6.45) is 0. The first-order valence-corrected chi connectivity index (χ1v) is 7.59. The minimum atomic E-state index is 0.143. The summed E-state index contributed by atoms with van der Waals surface area (Å²) in [7, 11) is 0. The highest BCUT2D eigenvalue weighted by atomic mass is 14.5. The number of hydrogen-bond donors (Lipinski definition) is 1. The Morgan fingerprint density at radius 1 is 0.619 bits per heavy atom. The van der Waals surface area contributed by atoms with E-state index >= 15 is 0 Å². The van der Waals surface area contributed by atoms with Gasteiger partial charge in [0, 0.05) is 5.69 Å². The number of benzene rings is 2. The molecular weight excluding hydrogens is 254 g/mol. The molecule has 0 aromatic heterocycles. The predicted octanol–water partition coefficient (Wildman–Crippen LogP) is 5.53. The van der Waals surface area contributed by atoms with E-state index in [1.54, 1.807) is 0 Å². The van der Waals surface area contributed by atoms with Crippen LogP contribution in [0.15, 0.2) is 42.5 Å². The first-order chi connectivity index (χ1) is 9.57. The predicted molar refractivity (Wildman–Crippen MR) is 93.7 cm³/mol. The molecule has 0 spiro atoms. The first-order valence-electron chi connectivity index (χ1n) is 7.59. The maximum atomic E-state index is 5.80. The molecule has 2 rings (SSSR count). The molecular formula is C20H27N. The van der Waals surface area contributed by atoms with Crippen molar-refractivity contribution in [2.75, 3.05) is 5.73 Å². The van der Waals surface area contributed by atoms with Crippen LogP contribution in [0.5, 0.6) is 0 Å². The van der Waals surface area contributed by atoms with Crippen LogP contribution >= 0.6 is 0 Å². The smallest absolute Gasteiger partial charge is 0.0314 e. The summed E-state index contributed by atoms with van der Waals surface area (Å²) in [4.78, 5) is 0. The highest BCUT2D eigenvalue weighted by Crippen LogP contribution is 2.34. The number of rotatable bonds is 1. The Kier molecular flexibility index (Phi) is 3.88. The van der Waals surface area contributed by atoms with E-state index < -0.39 is 0 Å². The van der Waals surface area contributed by atoms with E-state index in [-0.39, 0.29) is 10.8 Å². The van der Waals surface area contributed by atoms with Crippen molar-refractivity contribution >= 4 is 5.69 Å². The zero-order valence-corrected chi connectivity index (χ0v) is 14.1. The highest BCUT2D eigenvalue weighted by molar-refractivity contribution is 5.68. The second-order valence-electron chi connectivity index (χ2n) is 7.92. The minimum absolute atomic E-state index is 0.143. The van der Waals surface area contributed by atoms with Gasteiger partial charge in [0.25, 0.3) is 0 Å². The summed E-state index contributed by atoms with van der Waals surface area (Å²) < 4.78 is 0. The third-order valence-electron chi connectivity index (χ3n) is 3.91. The number of nitrogens with two attached hydrogens (primary N) is 1. The average Bonchev–Trinajstić information content (AvgIpc) is 2.37. The van der Waals surface area contributed by atoms with Gasteiger partial charge in [-0.05, 0) is 45.2 Å². The highest BCUT2D eigenvalue weighted by Gasteiger charge is 2.20. The molecule has 0 bridgehead atoms. The third kappa shape index (κ3) is 3.66. The van der Waals surface area contributed by atoms with Gasteiger partial charge in [-0.15, -0.1) is 0 Å². The van der Waals surface area contributed by atoms with Crippen molar-refractivity contribution in [2.45, 2.75) is 52.4 Å². The molecule has 0 aliphatic carbocycles. The Balaban J connectivity index is 2.63. The summed E-state index contributed by atoms with van der Waals surface area (Å²) in [5, 5.41) is 0. The fourth-order valence-electron chi connectivity index (χ4n) is 2.34. The summed E-state index contributed by atoms with van der Waals surface area (Å²) >= 11 is 0. The molecule has 1 nitrogen and oxygen atoms in total. The average molecular weight is 281 g/mol. The van der Waals surface area contributed by atoms with E-state index in [0.717, 1.165) is 5.69 Å². The largest absolute Gasteiger partial charge is 0.399 e. The van der Waals surface area contributed by atoms with Gasteiger partial charge in [0.15, 0.2) is 0 Å². The first kappa shape index (κ1) is 15.6. The molecule has 0 amide bonds. The van der Waals surface area contributed by atoms with Gasteiger partial charge in [0.05, 0.1) is 0 Å². The van der Waals surface area contributed by atoms with Gasteiger partial charge in [0.1, 0.15) is 0 Å².